The minimum Gasteiger partial charge on any atom is -0.379 e. The molecule has 5 unspecified atom stereocenters. The number of nitrogens with zero attached hydrogens (tertiary/aromatic N) is 1. The summed E-state index contributed by atoms with van der Waals surface area (Å²) in [6.45, 7) is 7.61. The fourth-order valence-corrected chi connectivity index (χ4v) is 1.74. The van der Waals surface area contributed by atoms with E-state index in [1.54, 1.807) is 13.8 Å². The van der Waals surface area contributed by atoms with Crippen LogP contribution in [0, 0.1) is 0 Å². The average molecular weight is 319 g/mol. The van der Waals surface area contributed by atoms with Crippen LogP contribution in [0.3, 0.4) is 0 Å². The molecule has 0 aliphatic carbocycles. The lowest BCUT2D eigenvalue weighted by atomic mass is 10.2. The first-order valence-corrected chi connectivity index (χ1v) is 7.35. The van der Waals surface area contributed by atoms with Gasteiger partial charge in [-0.2, -0.15) is 0 Å². The third kappa shape index (κ3) is 8.52. The number of ketones is 2. The minimum atomic E-state index is -1.04. The second-order valence-corrected chi connectivity index (χ2v) is 5.62. The van der Waals surface area contributed by atoms with Gasteiger partial charge >= 0.3 is 0 Å². The van der Waals surface area contributed by atoms with E-state index in [9.17, 15) is 24.9 Å². The van der Waals surface area contributed by atoms with E-state index < -0.39 is 30.8 Å². The Kier molecular flexibility index (Phi) is 9.58. The lowest BCUT2D eigenvalue weighted by Crippen LogP contribution is -2.53. The van der Waals surface area contributed by atoms with Crippen LogP contribution in [-0.2, 0) is 9.59 Å². The highest BCUT2D eigenvalue weighted by Crippen LogP contribution is 2.01. The van der Waals surface area contributed by atoms with E-state index in [2.05, 4.69) is 10.6 Å². The summed E-state index contributed by atoms with van der Waals surface area (Å²) in [4.78, 5) is 23.7. The van der Waals surface area contributed by atoms with Gasteiger partial charge in [0.2, 0.25) is 0 Å². The van der Waals surface area contributed by atoms with E-state index >= 15 is 0 Å². The predicted molar refractivity (Wildman–Crippen MR) is 81.8 cm³/mol. The Labute approximate surface area is 131 Å². The summed E-state index contributed by atoms with van der Waals surface area (Å²) in [6.07, 6.45) is -2.98. The van der Waals surface area contributed by atoms with Crippen LogP contribution in [0.5, 0.6) is 0 Å². The van der Waals surface area contributed by atoms with Gasteiger partial charge in [0.25, 0.3) is 0 Å². The lowest BCUT2D eigenvalue weighted by molar-refractivity contribution is -0.120. The first-order chi connectivity index (χ1) is 10.0. The molecule has 0 radical (unpaired) electrons. The van der Waals surface area contributed by atoms with E-state index in [1.165, 1.54) is 25.7 Å². The van der Waals surface area contributed by atoms with Gasteiger partial charge in [-0.15, -0.1) is 0 Å². The standard InChI is InChI=1S/C14H29N3O5/c1-8(10(3)18)15-13(21)6-17(12(5)20)7-14(22)16-9(2)11(4)19/h8-9,12-16,20-22H,6-7H2,1-5H3. The number of hydrogen-bond donors (Lipinski definition) is 5. The predicted octanol–water partition coefficient (Wildman–Crippen LogP) is -1.60. The smallest absolute Gasteiger partial charge is 0.146 e. The third-order valence-corrected chi connectivity index (χ3v) is 3.45. The Balaban J connectivity index is 4.48. The number of Topliss-reactive ketones (excluding diaryl/α,β-unsaturated/α-hetero) is 2. The van der Waals surface area contributed by atoms with Gasteiger partial charge in [-0.25, -0.2) is 0 Å². The number of hydrogen-bond acceptors (Lipinski definition) is 8. The molecule has 0 saturated heterocycles. The van der Waals surface area contributed by atoms with Crippen molar-refractivity contribution in [1.29, 1.82) is 0 Å². The van der Waals surface area contributed by atoms with Crippen molar-refractivity contribution < 1.29 is 24.9 Å². The zero-order chi connectivity index (χ0) is 17.4. The monoisotopic (exact) mass is 319 g/mol. The van der Waals surface area contributed by atoms with Gasteiger partial charge in [-0.1, -0.05) is 0 Å². The molecule has 130 valence electrons. The Morgan fingerprint density at radius 2 is 1.18 bits per heavy atom. The second kappa shape index (κ2) is 9.98. The largest absolute Gasteiger partial charge is 0.379 e. The fraction of sp³-hybridized carbons (Fsp3) is 0.857. The van der Waals surface area contributed by atoms with E-state index in [1.807, 2.05) is 0 Å². The first kappa shape index (κ1) is 21.1. The van der Waals surface area contributed by atoms with Crippen LogP contribution in [0.4, 0.5) is 0 Å². The van der Waals surface area contributed by atoms with Crippen LogP contribution >= 0.6 is 0 Å². The highest BCUT2D eigenvalue weighted by molar-refractivity contribution is 5.81. The van der Waals surface area contributed by atoms with E-state index in [-0.39, 0.29) is 24.7 Å². The highest BCUT2D eigenvalue weighted by atomic mass is 16.3. The normalized spacial score (nSPS) is 18.6. The van der Waals surface area contributed by atoms with E-state index in [0.717, 1.165) is 0 Å². The minimum absolute atomic E-state index is 0.0163. The number of carbonyl (C=O) groups excluding carboxylic acids is 2. The van der Waals surface area contributed by atoms with Gasteiger partial charge in [0.05, 0.1) is 12.1 Å². The molecule has 0 aromatic rings. The summed E-state index contributed by atoms with van der Waals surface area (Å²) in [5.74, 6) is -0.223. The number of aliphatic hydroxyl groups is 3. The maximum absolute atomic E-state index is 11.1. The molecule has 0 spiro atoms. The molecule has 5 atom stereocenters. The quantitative estimate of drug-likeness (QED) is 0.289. The van der Waals surface area contributed by atoms with Crippen LogP contribution in [0.25, 0.3) is 0 Å². The fourth-order valence-electron chi connectivity index (χ4n) is 1.74. The molecule has 0 aromatic carbocycles. The van der Waals surface area contributed by atoms with Crippen molar-refractivity contribution in [3.8, 4) is 0 Å². The van der Waals surface area contributed by atoms with Crippen LogP contribution in [0.1, 0.15) is 34.6 Å². The molecular weight excluding hydrogens is 290 g/mol. The van der Waals surface area contributed by atoms with Crippen molar-refractivity contribution in [3.05, 3.63) is 0 Å². The zero-order valence-electron chi connectivity index (χ0n) is 13.9. The highest BCUT2D eigenvalue weighted by Gasteiger charge is 2.22. The molecule has 0 bridgehead atoms. The molecule has 0 amide bonds. The van der Waals surface area contributed by atoms with Gasteiger partial charge in [0.15, 0.2) is 0 Å². The van der Waals surface area contributed by atoms with Crippen molar-refractivity contribution in [1.82, 2.24) is 15.5 Å². The third-order valence-electron chi connectivity index (χ3n) is 3.45. The maximum Gasteiger partial charge on any atom is 0.146 e. The molecule has 5 N–H and O–H groups in total. The number of nitrogens with one attached hydrogen (secondary N) is 2. The molecule has 8 nitrogen and oxygen atoms in total. The molecule has 8 heteroatoms. The Bertz CT molecular complexity index is 334. The molecule has 0 fully saturated rings. The van der Waals surface area contributed by atoms with E-state index in [4.69, 9.17) is 0 Å². The van der Waals surface area contributed by atoms with Crippen LogP contribution in [0.15, 0.2) is 0 Å². The molecular formula is C14H29N3O5. The number of carbonyl (C=O) groups is 2. The summed E-state index contributed by atoms with van der Waals surface area (Å²) in [5, 5.41) is 34.9. The second-order valence-electron chi connectivity index (χ2n) is 5.62. The van der Waals surface area contributed by atoms with Gasteiger partial charge < -0.3 is 15.3 Å². The molecule has 0 rings (SSSR count). The van der Waals surface area contributed by atoms with E-state index in [0.29, 0.717) is 0 Å². The Hall–Kier alpha value is -0.900. The van der Waals surface area contributed by atoms with Gasteiger partial charge in [0.1, 0.15) is 30.3 Å². The molecule has 0 aromatic heterocycles. The average Bonchev–Trinajstić information content (AvgIpc) is 2.36. The SMILES string of the molecule is CC(=O)C(C)NC(O)CN(CC(O)NC(C)C(C)=O)C(C)O. The van der Waals surface area contributed by atoms with Crippen molar-refractivity contribution in [2.24, 2.45) is 0 Å². The molecule has 0 saturated carbocycles. The summed E-state index contributed by atoms with van der Waals surface area (Å²) in [6, 6.07) is -1.02. The summed E-state index contributed by atoms with van der Waals surface area (Å²) < 4.78 is 0. The zero-order valence-corrected chi connectivity index (χ0v) is 13.9. The lowest BCUT2D eigenvalue weighted by Gasteiger charge is -2.31. The first-order valence-electron chi connectivity index (χ1n) is 7.35. The van der Waals surface area contributed by atoms with Crippen LogP contribution in [-0.4, -0.2) is 75.6 Å². The molecule has 0 aliphatic rings. The number of aliphatic hydroxyl groups excluding tert-OH is 3. The maximum atomic E-state index is 11.1. The van der Waals surface area contributed by atoms with Gasteiger partial charge in [0, 0.05) is 13.1 Å². The van der Waals surface area contributed by atoms with Crippen molar-refractivity contribution in [3.63, 3.8) is 0 Å². The molecule has 0 heterocycles. The number of rotatable bonds is 11. The van der Waals surface area contributed by atoms with Gasteiger partial charge in [-0.3, -0.25) is 25.1 Å². The van der Waals surface area contributed by atoms with Crippen LogP contribution in [0.2, 0.25) is 0 Å². The summed E-state index contributed by atoms with van der Waals surface area (Å²) in [5.41, 5.74) is 0. The van der Waals surface area contributed by atoms with Crippen LogP contribution < -0.4 is 10.6 Å². The summed E-state index contributed by atoms with van der Waals surface area (Å²) in [7, 11) is 0. The van der Waals surface area contributed by atoms with Crippen molar-refractivity contribution in [2.75, 3.05) is 13.1 Å². The summed E-state index contributed by atoms with van der Waals surface area (Å²) >= 11 is 0. The Morgan fingerprint density at radius 3 is 1.41 bits per heavy atom. The van der Waals surface area contributed by atoms with Gasteiger partial charge in [-0.05, 0) is 34.6 Å². The molecule has 22 heavy (non-hydrogen) atoms. The van der Waals surface area contributed by atoms with Crippen molar-refractivity contribution >= 4 is 11.6 Å². The topological polar surface area (TPSA) is 122 Å². The van der Waals surface area contributed by atoms with Crippen molar-refractivity contribution in [2.45, 2.75) is 65.4 Å². The Morgan fingerprint density at radius 1 is 0.864 bits per heavy atom. The molecule has 0 aliphatic heterocycles.